The fraction of sp³-hybridized carbons (Fsp3) is 0.150. The molecule has 1 aliphatic rings. The van der Waals surface area contributed by atoms with Crippen molar-refractivity contribution in [1.29, 1.82) is 5.26 Å². The van der Waals surface area contributed by atoms with E-state index in [0.29, 0.717) is 22.2 Å². The Morgan fingerprint density at radius 3 is 2.52 bits per heavy atom. The quantitative estimate of drug-likeness (QED) is 0.557. The molecule has 0 aliphatic carbocycles. The first kappa shape index (κ1) is 21.2. The average molecular weight is 450 g/mol. The third-order valence-corrected chi connectivity index (χ3v) is 6.22. The van der Waals surface area contributed by atoms with E-state index in [9.17, 15) is 19.2 Å². The number of anilines is 1. The molecule has 0 aromatic heterocycles. The van der Waals surface area contributed by atoms with Crippen molar-refractivity contribution in [3.8, 4) is 6.07 Å². The Labute approximate surface area is 181 Å². The second-order valence-corrected chi connectivity index (χ2v) is 8.09. The van der Waals surface area contributed by atoms with Crippen LogP contribution in [0.5, 0.6) is 0 Å². The van der Waals surface area contributed by atoms with Gasteiger partial charge in [-0.25, -0.2) is 4.39 Å². The Balaban J connectivity index is 2.03. The Morgan fingerprint density at radius 1 is 1.24 bits per heavy atom. The topological polar surface area (TPSA) is 73.2 Å². The van der Waals surface area contributed by atoms with E-state index in [4.69, 9.17) is 23.2 Å². The number of hydrogen-bond acceptors (Lipinski definition) is 4. The largest absolute Gasteiger partial charge is 0.354 e. The first-order chi connectivity index (χ1) is 13.8. The first-order valence-corrected chi connectivity index (χ1v) is 10.1. The van der Waals surface area contributed by atoms with E-state index in [0.717, 1.165) is 17.3 Å². The molecule has 1 saturated heterocycles. The summed E-state index contributed by atoms with van der Waals surface area (Å²) in [7, 11) is 1.40. The maximum atomic E-state index is 13.3. The van der Waals surface area contributed by atoms with Crippen LogP contribution in [0.25, 0.3) is 0 Å². The van der Waals surface area contributed by atoms with Gasteiger partial charge >= 0.3 is 0 Å². The minimum absolute atomic E-state index is 0.188. The number of likely N-dealkylation sites (N-methyl/N-ethyl adjacent to an activating group) is 1. The Bertz CT molecular complexity index is 1050. The number of amides is 2. The van der Waals surface area contributed by atoms with Crippen molar-refractivity contribution in [2.45, 2.75) is 11.7 Å². The molecular formula is C20H14Cl2FN3O2S. The van der Waals surface area contributed by atoms with Gasteiger partial charge in [-0.15, -0.1) is 0 Å². The maximum Gasteiger partial charge on any atom is 0.264 e. The van der Waals surface area contributed by atoms with Crippen LogP contribution in [0.15, 0.2) is 53.1 Å². The Hall–Kier alpha value is -2.53. The average Bonchev–Trinajstić information content (AvgIpc) is 3.01. The number of thioether (sulfide) groups is 1. The maximum absolute atomic E-state index is 13.3. The van der Waals surface area contributed by atoms with Crippen molar-refractivity contribution >= 4 is 52.5 Å². The number of nitrogens with one attached hydrogen (secondary N) is 1. The van der Waals surface area contributed by atoms with E-state index in [-0.39, 0.29) is 16.5 Å². The van der Waals surface area contributed by atoms with Gasteiger partial charge in [0.2, 0.25) is 5.91 Å². The number of rotatable bonds is 4. The number of carbonyl (C=O) groups excluding carboxylic acids is 2. The molecule has 5 nitrogen and oxygen atoms in total. The van der Waals surface area contributed by atoms with Gasteiger partial charge in [-0.2, -0.15) is 5.26 Å². The van der Waals surface area contributed by atoms with Gasteiger partial charge in [0.05, 0.1) is 15.3 Å². The summed E-state index contributed by atoms with van der Waals surface area (Å²) >= 11 is 13.1. The van der Waals surface area contributed by atoms with Gasteiger partial charge in [0, 0.05) is 12.7 Å². The van der Waals surface area contributed by atoms with E-state index in [1.54, 1.807) is 18.2 Å². The molecule has 1 atom stereocenters. The van der Waals surface area contributed by atoms with Gasteiger partial charge in [0.25, 0.3) is 5.91 Å². The summed E-state index contributed by atoms with van der Waals surface area (Å²) in [4.78, 5) is 26.6. The summed E-state index contributed by atoms with van der Waals surface area (Å²) in [5, 5.41) is 12.3. The van der Waals surface area contributed by atoms with Crippen LogP contribution in [0, 0.1) is 17.1 Å². The standard InChI is InChI=1S/C20H14Cl2FN3O2S/c1-25-18(27)14(10-24)20-26(13-5-3-12(23)4-6-13)19(28)17(29-20)9-11-2-7-15(21)16(22)8-11/h2-8,17H,9H2,1H3,(H,25,27)/b20-14-/t17-/m0/s1. The predicted octanol–water partition coefficient (Wildman–Crippen LogP) is 4.30. The van der Waals surface area contributed by atoms with Gasteiger partial charge in [0.1, 0.15) is 22.5 Å². The summed E-state index contributed by atoms with van der Waals surface area (Å²) in [6.07, 6.45) is 0.314. The lowest BCUT2D eigenvalue weighted by Gasteiger charge is -2.18. The van der Waals surface area contributed by atoms with Crippen molar-refractivity contribution in [2.75, 3.05) is 11.9 Å². The monoisotopic (exact) mass is 449 g/mol. The highest BCUT2D eigenvalue weighted by Gasteiger charge is 2.40. The molecular weight excluding hydrogens is 436 g/mol. The molecule has 0 saturated carbocycles. The molecule has 2 amide bonds. The van der Waals surface area contributed by atoms with Crippen molar-refractivity contribution < 1.29 is 14.0 Å². The minimum Gasteiger partial charge on any atom is -0.354 e. The zero-order chi connectivity index (χ0) is 21.1. The lowest BCUT2D eigenvalue weighted by molar-refractivity contribution is -0.117. The van der Waals surface area contributed by atoms with Crippen LogP contribution in [0.4, 0.5) is 10.1 Å². The van der Waals surface area contributed by atoms with Crippen molar-refractivity contribution in [1.82, 2.24) is 5.32 Å². The lowest BCUT2D eigenvalue weighted by atomic mass is 10.1. The van der Waals surface area contributed by atoms with Gasteiger partial charge < -0.3 is 5.32 Å². The van der Waals surface area contributed by atoms with Crippen LogP contribution in [-0.2, 0) is 16.0 Å². The lowest BCUT2D eigenvalue weighted by Crippen LogP contribution is -2.31. The molecule has 0 spiro atoms. The summed E-state index contributed by atoms with van der Waals surface area (Å²) in [5.74, 6) is -1.39. The molecule has 3 rings (SSSR count). The second kappa shape index (κ2) is 8.87. The molecule has 1 heterocycles. The molecule has 1 aliphatic heterocycles. The zero-order valence-corrected chi connectivity index (χ0v) is 17.4. The molecule has 148 valence electrons. The highest BCUT2D eigenvalue weighted by atomic mass is 35.5. The van der Waals surface area contributed by atoms with E-state index < -0.39 is 17.0 Å². The Morgan fingerprint density at radius 2 is 1.93 bits per heavy atom. The van der Waals surface area contributed by atoms with Crippen LogP contribution in [0.3, 0.4) is 0 Å². The van der Waals surface area contributed by atoms with Gasteiger partial charge in [0.15, 0.2) is 0 Å². The van der Waals surface area contributed by atoms with Crippen molar-refractivity contribution in [3.63, 3.8) is 0 Å². The molecule has 29 heavy (non-hydrogen) atoms. The zero-order valence-electron chi connectivity index (χ0n) is 15.1. The molecule has 1 fully saturated rings. The fourth-order valence-corrected chi connectivity index (χ4v) is 4.45. The van der Waals surface area contributed by atoms with E-state index in [1.807, 2.05) is 6.07 Å². The molecule has 9 heteroatoms. The normalized spacial score (nSPS) is 17.8. The van der Waals surface area contributed by atoms with Crippen LogP contribution in [-0.4, -0.2) is 24.1 Å². The minimum atomic E-state index is -0.606. The number of nitriles is 1. The van der Waals surface area contributed by atoms with E-state index >= 15 is 0 Å². The Kier molecular flexibility index (Phi) is 6.48. The summed E-state index contributed by atoms with van der Waals surface area (Å²) in [6, 6.07) is 12.2. The fourth-order valence-electron chi connectivity index (χ4n) is 2.82. The molecule has 2 aromatic rings. The summed E-state index contributed by atoms with van der Waals surface area (Å²) in [5.41, 5.74) is 0.961. The SMILES string of the molecule is CNC(=O)/C(C#N)=C1\S[C@@H](Cc2ccc(Cl)c(Cl)c2)C(=O)N1c1ccc(F)cc1. The van der Waals surface area contributed by atoms with Crippen LogP contribution < -0.4 is 10.2 Å². The molecule has 1 N–H and O–H groups in total. The number of hydrogen-bond donors (Lipinski definition) is 1. The third kappa shape index (κ3) is 4.40. The van der Waals surface area contributed by atoms with Gasteiger partial charge in [-0.1, -0.05) is 41.0 Å². The number of nitrogens with zero attached hydrogens (tertiary/aromatic N) is 2. The third-order valence-electron chi connectivity index (χ3n) is 4.22. The summed E-state index contributed by atoms with van der Waals surface area (Å²) < 4.78 is 13.3. The molecule has 0 radical (unpaired) electrons. The van der Waals surface area contributed by atoms with Gasteiger partial charge in [-0.05, 0) is 48.4 Å². The number of benzene rings is 2. The van der Waals surface area contributed by atoms with E-state index in [1.165, 1.54) is 36.2 Å². The second-order valence-electron chi connectivity index (χ2n) is 6.08. The van der Waals surface area contributed by atoms with E-state index in [2.05, 4.69) is 5.32 Å². The number of halogens is 3. The van der Waals surface area contributed by atoms with Crippen LogP contribution in [0.2, 0.25) is 10.0 Å². The van der Waals surface area contributed by atoms with Crippen molar-refractivity contribution in [3.05, 3.63) is 74.5 Å². The first-order valence-electron chi connectivity index (χ1n) is 8.42. The van der Waals surface area contributed by atoms with Crippen molar-refractivity contribution in [2.24, 2.45) is 0 Å². The van der Waals surface area contributed by atoms with Crippen LogP contribution >= 0.6 is 35.0 Å². The predicted molar refractivity (Wildman–Crippen MR) is 112 cm³/mol. The van der Waals surface area contributed by atoms with Crippen LogP contribution in [0.1, 0.15) is 5.56 Å². The smallest absolute Gasteiger partial charge is 0.264 e. The molecule has 0 bridgehead atoms. The molecule has 2 aromatic carbocycles. The number of carbonyl (C=O) groups is 2. The summed E-state index contributed by atoms with van der Waals surface area (Å²) in [6.45, 7) is 0. The van der Waals surface area contributed by atoms with Gasteiger partial charge in [-0.3, -0.25) is 14.5 Å². The highest BCUT2D eigenvalue weighted by molar-refractivity contribution is 8.05. The highest BCUT2D eigenvalue weighted by Crippen LogP contribution is 2.42. The molecule has 0 unspecified atom stereocenters.